The molecule has 8 nitrogen and oxygen atoms in total. The number of nitrogens with zero attached hydrogens (tertiary/aromatic N) is 2. The number of nitrogens with two attached hydrogens (primary N) is 1. The fourth-order valence-electron chi connectivity index (χ4n) is 3.42. The summed E-state index contributed by atoms with van der Waals surface area (Å²) in [6.07, 6.45) is 0.565. The molecule has 1 atom stereocenters. The van der Waals surface area contributed by atoms with Crippen LogP contribution in [-0.4, -0.2) is 21.6 Å². The highest BCUT2D eigenvalue weighted by molar-refractivity contribution is 6.30. The summed E-state index contributed by atoms with van der Waals surface area (Å²) in [7, 11) is 0. The second-order valence-electron chi connectivity index (χ2n) is 7.63. The first kappa shape index (κ1) is 24.1. The van der Waals surface area contributed by atoms with Gasteiger partial charge in [-0.25, -0.2) is 4.79 Å². The van der Waals surface area contributed by atoms with Gasteiger partial charge >= 0.3 is 5.69 Å². The standard InChI is InChI=1S/C24H27ClN4O4/c1-3-4-13-28-21(26)20(22(30)27-24(28)32)29(15-17-9-6-5-7-10-17)23(31)16(2)33-19-12-8-11-18(25)14-19/h5-12,14,16H,3-4,13,15,26H2,1-2H3,(H,27,30,32). The number of hydrogen-bond donors (Lipinski definition) is 2. The molecule has 1 aromatic heterocycles. The van der Waals surface area contributed by atoms with E-state index in [1.54, 1.807) is 31.2 Å². The molecule has 3 rings (SSSR count). The minimum Gasteiger partial charge on any atom is -0.481 e. The van der Waals surface area contributed by atoms with Gasteiger partial charge in [0.2, 0.25) is 0 Å². The molecule has 0 saturated heterocycles. The number of carbonyl (C=O) groups is 1. The zero-order valence-electron chi connectivity index (χ0n) is 18.6. The molecule has 1 heterocycles. The average molecular weight is 471 g/mol. The normalized spacial score (nSPS) is 11.7. The quantitative estimate of drug-likeness (QED) is 0.496. The smallest absolute Gasteiger partial charge is 0.330 e. The third-order valence-electron chi connectivity index (χ3n) is 5.13. The molecule has 9 heteroatoms. The first-order chi connectivity index (χ1) is 15.8. The number of anilines is 2. The summed E-state index contributed by atoms with van der Waals surface area (Å²) < 4.78 is 7.08. The van der Waals surface area contributed by atoms with Crippen molar-refractivity contribution in [3.05, 3.63) is 86.0 Å². The monoisotopic (exact) mass is 470 g/mol. The van der Waals surface area contributed by atoms with Gasteiger partial charge in [0.25, 0.3) is 11.5 Å². The zero-order chi connectivity index (χ0) is 24.0. The van der Waals surface area contributed by atoms with Crippen molar-refractivity contribution in [3.63, 3.8) is 0 Å². The highest BCUT2D eigenvalue weighted by atomic mass is 35.5. The van der Waals surface area contributed by atoms with Crippen LogP contribution in [0.15, 0.2) is 64.2 Å². The number of carbonyl (C=O) groups excluding carboxylic acids is 1. The Bertz CT molecular complexity index is 1220. The summed E-state index contributed by atoms with van der Waals surface area (Å²) in [5, 5.41) is 0.469. The molecule has 2 aromatic carbocycles. The number of nitrogen functional groups attached to an aromatic ring is 1. The Morgan fingerprint density at radius 3 is 2.58 bits per heavy atom. The van der Waals surface area contributed by atoms with Crippen LogP contribution in [0.25, 0.3) is 0 Å². The molecule has 0 bridgehead atoms. The summed E-state index contributed by atoms with van der Waals surface area (Å²) >= 11 is 6.02. The van der Waals surface area contributed by atoms with Crippen LogP contribution in [0.5, 0.6) is 5.75 Å². The van der Waals surface area contributed by atoms with Crippen LogP contribution in [0.1, 0.15) is 32.3 Å². The van der Waals surface area contributed by atoms with Crippen molar-refractivity contribution in [3.8, 4) is 5.75 Å². The summed E-state index contributed by atoms with van der Waals surface area (Å²) in [6.45, 7) is 3.96. The topological polar surface area (TPSA) is 110 Å². The third-order valence-corrected chi connectivity index (χ3v) is 5.36. The molecule has 174 valence electrons. The minimum absolute atomic E-state index is 0.0589. The number of H-pyrrole nitrogens is 1. The lowest BCUT2D eigenvalue weighted by Crippen LogP contribution is -2.45. The van der Waals surface area contributed by atoms with Crippen molar-refractivity contribution >= 4 is 29.0 Å². The van der Waals surface area contributed by atoms with Crippen molar-refractivity contribution in [1.29, 1.82) is 0 Å². The molecule has 0 aliphatic rings. The van der Waals surface area contributed by atoms with Crippen molar-refractivity contribution in [2.24, 2.45) is 0 Å². The molecule has 1 unspecified atom stereocenters. The number of ether oxygens (including phenoxy) is 1. The number of rotatable bonds is 9. The minimum atomic E-state index is -0.956. The Labute approximate surface area is 196 Å². The molecule has 0 saturated carbocycles. The van der Waals surface area contributed by atoms with Gasteiger partial charge in [0.05, 0.1) is 6.54 Å². The zero-order valence-corrected chi connectivity index (χ0v) is 19.3. The van der Waals surface area contributed by atoms with E-state index in [9.17, 15) is 14.4 Å². The number of aromatic amines is 1. The molecule has 0 fully saturated rings. The number of aromatic nitrogens is 2. The maximum Gasteiger partial charge on any atom is 0.330 e. The fraction of sp³-hybridized carbons (Fsp3) is 0.292. The van der Waals surface area contributed by atoms with Gasteiger partial charge in [-0.3, -0.25) is 24.0 Å². The van der Waals surface area contributed by atoms with Crippen LogP contribution in [0.2, 0.25) is 5.02 Å². The van der Waals surface area contributed by atoms with E-state index < -0.39 is 23.3 Å². The van der Waals surface area contributed by atoms with Crippen LogP contribution < -0.4 is 26.6 Å². The summed E-state index contributed by atoms with van der Waals surface area (Å²) in [6, 6.07) is 15.9. The number of unbranched alkanes of at least 4 members (excludes halogenated alkanes) is 1. The predicted molar refractivity (Wildman–Crippen MR) is 130 cm³/mol. The van der Waals surface area contributed by atoms with E-state index in [1.807, 2.05) is 37.3 Å². The lowest BCUT2D eigenvalue weighted by Gasteiger charge is -2.27. The lowest BCUT2D eigenvalue weighted by atomic mass is 10.2. The van der Waals surface area contributed by atoms with Gasteiger partial charge in [-0.05, 0) is 37.1 Å². The lowest BCUT2D eigenvalue weighted by molar-refractivity contribution is -0.124. The predicted octanol–water partition coefficient (Wildman–Crippen LogP) is 3.57. The largest absolute Gasteiger partial charge is 0.481 e. The summed E-state index contributed by atoms with van der Waals surface area (Å²) in [4.78, 5) is 42.3. The van der Waals surface area contributed by atoms with Gasteiger partial charge in [0.15, 0.2) is 11.8 Å². The molecule has 1 amide bonds. The highest BCUT2D eigenvalue weighted by Gasteiger charge is 2.29. The average Bonchev–Trinajstić information content (AvgIpc) is 2.78. The molecule has 0 radical (unpaired) electrons. The Kier molecular flexibility index (Phi) is 7.95. The second-order valence-corrected chi connectivity index (χ2v) is 8.06. The fourth-order valence-corrected chi connectivity index (χ4v) is 3.60. The van der Waals surface area contributed by atoms with E-state index in [-0.39, 0.29) is 18.1 Å². The van der Waals surface area contributed by atoms with Gasteiger partial charge in [-0.1, -0.05) is 61.3 Å². The highest BCUT2D eigenvalue weighted by Crippen LogP contribution is 2.23. The summed E-state index contributed by atoms with van der Waals surface area (Å²) in [5.74, 6) is -0.133. The number of benzene rings is 2. The Morgan fingerprint density at radius 1 is 1.18 bits per heavy atom. The molecule has 0 aliphatic heterocycles. The van der Waals surface area contributed by atoms with Gasteiger partial charge in [-0.15, -0.1) is 0 Å². The number of nitrogens with one attached hydrogen (secondary N) is 1. The molecule has 3 N–H and O–H groups in total. The van der Waals surface area contributed by atoms with E-state index in [1.165, 1.54) is 9.47 Å². The third kappa shape index (κ3) is 5.84. The molecular weight excluding hydrogens is 444 g/mol. The SMILES string of the molecule is CCCCn1c(N)c(N(Cc2ccccc2)C(=O)C(C)Oc2cccc(Cl)c2)c(=O)[nH]c1=O. The van der Waals surface area contributed by atoms with Gasteiger partial charge < -0.3 is 10.5 Å². The maximum atomic E-state index is 13.5. The Morgan fingerprint density at radius 2 is 1.91 bits per heavy atom. The maximum absolute atomic E-state index is 13.5. The van der Waals surface area contributed by atoms with E-state index >= 15 is 0 Å². The van der Waals surface area contributed by atoms with Crippen LogP contribution in [0.4, 0.5) is 11.5 Å². The van der Waals surface area contributed by atoms with E-state index in [2.05, 4.69) is 4.98 Å². The van der Waals surface area contributed by atoms with E-state index in [4.69, 9.17) is 22.1 Å². The molecule has 3 aromatic rings. The first-order valence-corrected chi connectivity index (χ1v) is 11.1. The van der Waals surface area contributed by atoms with Crippen molar-refractivity contribution < 1.29 is 9.53 Å². The van der Waals surface area contributed by atoms with Crippen LogP contribution in [-0.2, 0) is 17.9 Å². The molecule has 0 aliphatic carbocycles. The van der Waals surface area contributed by atoms with E-state index in [0.29, 0.717) is 23.7 Å². The van der Waals surface area contributed by atoms with Crippen LogP contribution >= 0.6 is 11.6 Å². The second kappa shape index (κ2) is 10.9. The van der Waals surface area contributed by atoms with Crippen LogP contribution in [0.3, 0.4) is 0 Å². The molecule has 33 heavy (non-hydrogen) atoms. The van der Waals surface area contributed by atoms with Crippen LogP contribution in [0, 0.1) is 0 Å². The molecule has 0 spiro atoms. The van der Waals surface area contributed by atoms with E-state index in [0.717, 1.165) is 12.0 Å². The van der Waals surface area contributed by atoms with Gasteiger partial charge in [0.1, 0.15) is 11.6 Å². The Hall–Kier alpha value is -3.52. The number of halogens is 1. The number of hydrogen-bond acceptors (Lipinski definition) is 5. The van der Waals surface area contributed by atoms with Crippen molar-refractivity contribution in [2.45, 2.75) is 45.9 Å². The first-order valence-electron chi connectivity index (χ1n) is 10.7. The van der Waals surface area contributed by atoms with Crippen molar-refractivity contribution in [2.75, 3.05) is 10.6 Å². The van der Waals surface area contributed by atoms with Crippen molar-refractivity contribution in [1.82, 2.24) is 9.55 Å². The summed E-state index contributed by atoms with van der Waals surface area (Å²) in [5.41, 5.74) is 5.64. The number of amides is 1. The van der Waals surface area contributed by atoms with Gasteiger partial charge in [0, 0.05) is 11.6 Å². The van der Waals surface area contributed by atoms with Gasteiger partial charge in [-0.2, -0.15) is 0 Å². The Balaban J connectivity index is 2.04. The molecular formula is C24H27ClN4O4.